The lowest BCUT2D eigenvalue weighted by Gasteiger charge is -2.15. The van der Waals surface area contributed by atoms with E-state index in [0.717, 1.165) is 60.8 Å². The summed E-state index contributed by atoms with van der Waals surface area (Å²) in [6, 6.07) is 79.2. The number of aromatic nitrogens is 5. The van der Waals surface area contributed by atoms with Gasteiger partial charge in [0.1, 0.15) is 0 Å². The van der Waals surface area contributed by atoms with Crippen LogP contribution >= 0.6 is 0 Å². The molecule has 0 N–H and O–H groups in total. The maximum atomic E-state index is 5.32. The Morgan fingerprint density at radius 1 is 0.290 bits per heavy atom. The first-order valence-electron chi connectivity index (χ1n) is 21.0. The predicted octanol–water partition coefficient (Wildman–Crippen LogP) is 14.4. The van der Waals surface area contributed by atoms with E-state index < -0.39 is 0 Å². The van der Waals surface area contributed by atoms with Gasteiger partial charge in [0.25, 0.3) is 0 Å². The van der Waals surface area contributed by atoms with E-state index in [2.05, 4.69) is 215 Å². The summed E-state index contributed by atoms with van der Waals surface area (Å²) in [4.78, 5) is 15.7. The summed E-state index contributed by atoms with van der Waals surface area (Å²) in [5.74, 6) is 1.78. The van der Waals surface area contributed by atoms with Gasteiger partial charge in [-0.25, -0.2) is 4.98 Å². The van der Waals surface area contributed by atoms with Crippen LogP contribution in [0, 0.1) is 0 Å². The summed E-state index contributed by atoms with van der Waals surface area (Å²) >= 11 is 0. The van der Waals surface area contributed by atoms with Crippen LogP contribution in [0.2, 0.25) is 0 Å². The highest BCUT2D eigenvalue weighted by Crippen LogP contribution is 2.43. The van der Waals surface area contributed by atoms with Gasteiger partial charge in [-0.2, -0.15) is 9.97 Å². The number of hydrogen-bond acceptors (Lipinski definition) is 3. The van der Waals surface area contributed by atoms with Gasteiger partial charge in [0.05, 0.1) is 27.8 Å². The van der Waals surface area contributed by atoms with Crippen molar-refractivity contribution in [2.24, 2.45) is 0 Å². The first-order chi connectivity index (χ1) is 30.8. The Morgan fingerprint density at radius 3 is 1.48 bits per heavy atom. The van der Waals surface area contributed by atoms with Crippen LogP contribution in [0.1, 0.15) is 0 Å². The number of nitrogens with zero attached hydrogens (tertiary/aromatic N) is 5. The lowest BCUT2D eigenvalue weighted by atomic mass is 9.98. The summed E-state index contributed by atoms with van der Waals surface area (Å²) in [6.45, 7) is 0. The molecule has 9 aromatic carbocycles. The SMILES string of the molecule is c1ccc(-c2cccc(-c3ccc(-c4nc(-c5ccccc5)nc(-n5c6ccccc6c6c5ccc5c7ccccc7n(-c7ccccc7-c7ccccc7)c56)n4)cc3)c2)cc1. The van der Waals surface area contributed by atoms with E-state index in [0.29, 0.717) is 17.6 Å². The van der Waals surface area contributed by atoms with Crippen molar-refractivity contribution in [3.8, 4) is 67.8 Å². The molecule has 0 aliphatic heterocycles. The molecule has 3 aromatic heterocycles. The average molecular weight is 792 g/mol. The first-order valence-corrected chi connectivity index (χ1v) is 21.0. The van der Waals surface area contributed by atoms with Crippen LogP contribution in [0.15, 0.2) is 224 Å². The Balaban J connectivity index is 1.08. The third-order valence-corrected chi connectivity index (χ3v) is 12.0. The van der Waals surface area contributed by atoms with Crippen molar-refractivity contribution in [3.05, 3.63) is 224 Å². The van der Waals surface area contributed by atoms with Crippen LogP contribution in [0.3, 0.4) is 0 Å². The molecule has 0 amide bonds. The lowest BCUT2D eigenvalue weighted by Crippen LogP contribution is -2.06. The largest absolute Gasteiger partial charge is 0.308 e. The minimum atomic E-state index is 0.561. The van der Waals surface area contributed by atoms with Gasteiger partial charge in [0.2, 0.25) is 5.95 Å². The van der Waals surface area contributed by atoms with E-state index >= 15 is 0 Å². The molecule has 3 heterocycles. The van der Waals surface area contributed by atoms with Crippen LogP contribution in [0.5, 0.6) is 0 Å². The summed E-state index contributed by atoms with van der Waals surface area (Å²) in [7, 11) is 0. The molecule has 0 bridgehead atoms. The summed E-state index contributed by atoms with van der Waals surface area (Å²) in [5, 5.41) is 4.66. The van der Waals surface area contributed by atoms with Gasteiger partial charge < -0.3 is 4.57 Å². The molecule has 0 spiro atoms. The average Bonchev–Trinajstić information content (AvgIpc) is 3.88. The fraction of sp³-hybridized carbons (Fsp3) is 0. The molecular formula is C57H37N5. The Bertz CT molecular complexity index is 3610. The fourth-order valence-corrected chi connectivity index (χ4v) is 9.14. The molecule has 0 aliphatic rings. The van der Waals surface area contributed by atoms with Gasteiger partial charge in [0.15, 0.2) is 11.6 Å². The van der Waals surface area contributed by atoms with Gasteiger partial charge in [-0.3, -0.25) is 4.57 Å². The lowest BCUT2D eigenvalue weighted by molar-refractivity contribution is 0.953. The van der Waals surface area contributed by atoms with E-state index in [1.54, 1.807) is 0 Å². The molecule has 0 saturated carbocycles. The third-order valence-electron chi connectivity index (χ3n) is 12.0. The second kappa shape index (κ2) is 14.7. The predicted molar refractivity (Wildman–Crippen MR) is 256 cm³/mol. The van der Waals surface area contributed by atoms with E-state index in [9.17, 15) is 0 Å². The van der Waals surface area contributed by atoms with E-state index in [1.807, 2.05) is 18.2 Å². The summed E-state index contributed by atoms with van der Waals surface area (Å²) in [5.41, 5.74) is 14.3. The van der Waals surface area contributed by atoms with Crippen LogP contribution in [-0.4, -0.2) is 24.1 Å². The minimum absolute atomic E-state index is 0.561. The second-order valence-corrected chi connectivity index (χ2v) is 15.6. The normalized spacial score (nSPS) is 11.5. The smallest absolute Gasteiger partial charge is 0.238 e. The standard InChI is InChI=1S/C57H37N5/c1-4-17-38(18-5-1)43-23-16-24-44(37-43)39-31-33-42(34-32-39)56-58-55(41-21-8-3-9-22-41)59-57(60-56)62-51-30-15-12-27-48(51)53-52(62)36-35-47-46-26-11-14-29-50(46)61(54(47)53)49-28-13-10-25-45(49)40-19-6-2-7-20-40/h1-37H. The van der Waals surface area contributed by atoms with Crippen LogP contribution in [0.25, 0.3) is 111 Å². The molecule has 62 heavy (non-hydrogen) atoms. The number of fused-ring (bicyclic) bond motifs is 7. The highest BCUT2D eigenvalue weighted by molar-refractivity contribution is 6.26. The Kier molecular flexibility index (Phi) is 8.42. The van der Waals surface area contributed by atoms with Crippen molar-refractivity contribution in [2.75, 3.05) is 0 Å². The highest BCUT2D eigenvalue weighted by Gasteiger charge is 2.24. The van der Waals surface area contributed by atoms with Crippen LogP contribution in [-0.2, 0) is 0 Å². The number of rotatable bonds is 7. The third kappa shape index (κ3) is 5.90. The number of benzene rings is 9. The van der Waals surface area contributed by atoms with Crippen molar-refractivity contribution >= 4 is 43.6 Å². The zero-order chi connectivity index (χ0) is 41.0. The molecular weight excluding hydrogens is 755 g/mol. The number of hydrogen-bond donors (Lipinski definition) is 0. The molecule has 12 aromatic rings. The monoisotopic (exact) mass is 791 g/mol. The van der Waals surface area contributed by atoms with E-state index in [-0.39, 0.29) is 0 Å². The zero-order valence-electron chi connectivity index (χ0n) is 33.6. The highest BCUT2D eigenvalue weighted by atomic mass is 15.2. The minimum Gasteiger partial charge on any atom is -0.308 e. The van der Waals surface area contributed by atoms with Crippen LogP contribution < -0.4 is 0 Å². The molecule has 0 fully saturated rings. The fourth-order valence-electron chi connectivity index (χ4n) is 9.14. The maximum Gasteiger partial charge on any atom is 0.238 e. The molecule has 0 saturated heterocycles. The van der Waals surface area contributed by atoms with Crippen molar-refractivity contribution < 1.29 is 0 Å². The van der Waals surface area contributed by atoms with Crippen LogP contribution in [0.4, 0.5) is 0 Å². The Labute approximate surface area is 358 Å². The summed E-state index contributed by atoms with van der Waals surface area (Å²) in [6.07, 6.45) is 0. The second-order valence-electron chi connectivity index (χ2n) is 15.6. The maximum absolute atomic E-state index is 5.32. The van der Waals surface area contributed by atoms with Gasteiger partial charge in [-0.15, -0.1) is 0 Å². The molecule has 0 unspecified atom stereocenters. The molecule has 5 nitrogen and oxygen atoms in total. The molecule has 0 atom stereocenters. The molecule has 0 aliphatic carbocycles. The molecule has 12 rings (SSSR count). The van der Waals surface area contributed by atoms with Gasteiger partial charge in [-0.1, -0.05) is 194 Å². The van der Waals surface area contributed by atoms with Crippen molar-refractivity contribution in [1.82, 2.24) is 24.1 Å². The molecule has 290 valence electrons. The van der Waals surface area contributed by atoms with E-state index in [1.165, 1.54) is 33.0 Å². The Morgan fingerprint density at radius 2 is 0.790 bits per heavy atom. The summed E-state index contributed by atoms with van der Waals surface area (Å²) < 4.78 is 4.67. The van der Waals surface area contributed by atoms with Gasteiger partial charge in [0, 0.05) is 38.2 Å². The molecule has 0 radical (unpaired) electrons. The van der Waals surface area contributed by atoms with Crippen molar-refractivity contribution in [2.45, 2.75) is 0 Å². The van der Waals surface area contributed by atoms with Gasteiger partial charge >= 0.3 is 0 Å². The quantitative estimate of drug-likeness (QED) is 0.162. The first kappa shape index (κ1) is 35.5. The van der Waals surface area contributed by atoms with Crippen molar-refractivity contribution in [1.29, 1.82) is 0 Å². The topological polar surface area (TPSA) is 48.5 Å². The molecule has 5 heteroatoms. The van der Waals surface area contributed by atoms with Crippen molar-refractivity contribution in [3.63, 3.8) is 0 Å². The zero-order valence-corrected chi connectivity index (χ0v) is 33.6. The van der Waals surface area contributed by atoms with Gasteiger partial charge in [-0.05, 0) is 58.1 Å². The number of para-hydroxylation sites is 3. The Hall–Kier alpha value is -8.41. The van der Waals surface area contributed by atoms with E-state index in [4.69, 9.17) is 15.0 Å².